The molecule has 1 aromatic carbocycles. The van der Waals surface area contributed by atoms with Crippen molar-refractivity contribution in [3.63, 3.8) is 0 Å². The monoisotopic (exact) mass is 281 g/mol. The van der Waals surface area contributed by atoms with Gasteiger partial charge in [-0.3, -0.25) is 4.72 Å². The second-order valence-electron chi connectivity index (χ2n) is 4.32. The highest BCUT2D eigenvalue weighted by molar-refractivity contribution is 7.91. The second kappa shape index (κ2) is 4.93. The standard InChI is InChI=1S/C12H15N3O3S/c1-8(2)6-7-18-10-5-3-4-9-11(10)12(13)15-19(16,17)14-9/h3-6,14H,7H2,1-2H3,(H2,13,15). The predicted octanol–water partition coefficient (Wildman–Crippen LogP) is 1.41. The van der Waals surface area contributed by atoms with Crippen molar-refractivity contribution in [2.24, 2.45) is 10.1 Å². The molecule has 1 aliphatic rings. The quantitative estimate of drug-likeness (QED) is 0.819. The molecule has 0 fully saturated rings. The molecule has 1 aromatic rings. The smallest absolute Gasteiger partial charge is 0.344 e. The molecular formula is C12H15N3O3S. The van der Waals surface area contributed by atoms with Gasteiger partial charge in [-0.1, -0.05) is 11.6 Å². The van der Waals surface area contributed by atoms with Gasteiger partial charge in [0.05, 0.1) is 11.3 Å². The Morgan fingerprint density at radius 1 is 1.47 bits per heavy atom. The fourth-order valence-corrected chi connectivity index (χ4v) is 2.48. The normalized spacial score (nSPS) is 15.8. The zero-order chi connectivity index (χ0) is 14.0. The van der Waals surface area contributed by atoms with Crippen LogP contribution in [-0.2, 0) is 10.2 Å². The van der Waals surface area contributed by atoms with E-state index in [0.717, 1.165) is 5.57 Å². The first-order valence-corrected chi connectivity index (χ1v) is 7.11. The fourth-order valence-electron chi connectivity index (χ4n) is 1.64. The van der Waals surface area contributed by atoms with Crippen LogP contribution in [-0.4, -0.2) is 20.9 Å². The summed E-state index contributed by atoms with van der Waals surface area (Å²) in [6.45, 7) is 4.32. The lowest BCUT2D eigenvalue weighted by Crippen LogP contribution is -2.27. The molecule has 0 radical (unpaired) electrons. The van der Waals surface area contributed by atoms with Gasteiger partial charge in [-0.15, -0.1) is 4.40 Å². The summed E-state index contributed by atoms with van der Waals surface area (Å²) in [6, 6.07) is 5.03. The zero-order valence-corrected chi connectivity index (χ0v) is 11.5. The topological polar surface area (TPSA) is 93.8 Å². The number of nitrogens with two attached hydrogens (primary N) is 1. The number of rotatable bonds is 3. The maximum absolute atomic E-state index is 11.4. The fraction of sp³-hybridized carbons (Fsp3) is 0.250. The molecule has 0 unspecified atom stereocenters. The third-order valence-electron chi connectivity index (χ3n) is 2.47. The number of allylic oxidation sites excluding steroid dienone is 1. The number of amidine groups is 1. The van der Waals surface area contributed by atoms with Crippen molar-refractivity contribution in [2.75, 3.05) is 11.3 Å². The number of hydrogen-bond donors (Lipinski definition) is 2. The molecular weight excluding hydrogens is 266 g/mol. The third-order valence-corrected chi connectivity index (χ3v) is 3.39. The molecule has 3 N–H and O–H groups in total. The van der Waals surface area contributed by atoms with Crippen LogP contribution in [0.3, 0.4) is 0 Å². The van der Waals surface area contributed by atoms with Gasteiger partial charge < -0.3 is 10.5 Å². The van der Waals surface area contributed by atoms with Crippen LogP contribution >= 0.6 is 0 Å². The Kier molecular flexibility index (Phi) is 3.48. The lowest BCUT2D eigenvalue weighted by Gasteiger charge is -2.18. The summed E-state index contributed by atoms with van der Waals surface area (Å²) in [4.78, 5) is 0. The minimum atomic E-state index is -3.75. The highest BCUT2D eigenvalue weighted by Crippen LogP contribution is 2.30. The van der Waals surface area contributed by atoms with Crippen molar-refractivity contribution < 1.29 is 13.2 Å². The maximum Gasteiger partial charge on any atom is 0.344 e. The molecule has 2 rings (SSSR count). The molecule has 0 spiro atoms. The van der Waals surface area contributed by atoms with Gasteiger partial charge in [-0.05, 0) is 32.1 Å². The van der Waals surface area contributed by atoms with E-state index in [2.05, 4.69) is 9.12 Å². The lowest BCUT2D eigenvalue weighted by atomic mass is 10.1. The largest absolute Gasteiger partial charge is 0.489 e. The van der Waals surface area contributed by atoms with Crippen LogP contribution < -0.4 is 15.2 Å². The van der Waals surface area contributed by atoms with Crippen molar-refractivity contribution in [3.05, 3.63) is 35.4 Å². The number of fused-ring (bicyclic) bond motifs is 1. The molecule has 0 atom stereocenters. The number of benzene rings is 1. The van der Waals surface area contributed by atoms with E-state index in [1.807, 2.05) is 19.9 Å². The SMILES string of the molecule is CC(C)=CCOc1cccc2c1C(N)=NS(=O)(=O)N2. The van der Waals surface area contributed by atoms with Crippen LogP contribution in [0.5, 0.6) is 5.75 Å². The maximum atomic E-state index is 11.4. The molecule has 0 amide bonds. The van der Waals surface area contributed by atoms with E-state index in [4.69, 9.17) is 10.5 Å². The van der Waals surface area contributed by atoms with Crippen molar-refractivity contribution >= 4 is 21.7 Å². The van der Waals surface area contributed by atoms with Crippen LogP contribution in [0.4, 0.5) is 5.69 Å². The van der Waals surface area contributed by atoms with E-state index in [0.29, 0.717) is 23.6 Å². The van der Waals surface area contributed by atoms with Gasteiger partial charge in [-0.2, -0.15) is 8.42 Å². The lowest BCUT2D eigenvalue weighted by molar-refractivity contribution is 0.361. The van der Waals surface area contributed by atoms with Crippen LogP contribution in [0.15, 0.2) is 34.2 Å². The van der Waals surface area contributed by atoms with Gasteiger partial charge in [0.25, 0.3) is 0 Å². The first-order chi connectivity index (χ1) is 8.89. The minimum Gasteiger partial charge on any atom is -0.489 e. The molecule has 0 saturated carbocycles. The molecule has 7 heteroatoms. The first kappa shape index (κ1) is 13.4. The Balaban J connectivity index is 2.37. The Hall–Kier alpha value is -2.02. The number of nitrogens with zero attached hydrogens (tertiary/aromatic N) is 1. The number of hydrogen-bond acceptors (Lipinski definition) is 4. The van der Waals surface area contributed by atoms with E-state index < -0.39 is 10.2 Å². The summed E-state index contributed by atoms with van der Waals surface area (Å²) >= 11 is 0. The zero-order valence-electron chi connectivity index (χ0n) is 10.7. The molecule has 6 nitrogen and oxygen atoms in total. The second-order valence-corrected chi connectivity index (χ2v) is 5.66. The Morgan fingerprint density at radius 3 is 2.89 bits per heavy atom. The summed E-state index contributed by atoms with van der Waals surface area (Å²) in [7, 11) is -3.75. The van der Waals surface area contributed by atoms with Crippen molar-refractivity contribution in [1.82, 2.24) is 0 Å². The molecule has 19 heavy (non-hydrogen) atoms. The van der Waals surface area contributed by atoms with E-state index in [1.165, 1.54) is 0 Å². The average molecular weight is 281 g/mol. The molecule has 1 aliphatic heterocycles. The van der Waals surface area contributed by atoms with Crippen LogP contribution in [0.1, 0.15) is 19.4 Å². The van der Waals surface area contributed by atoms with Crippen LogP contribution in [0.25, 0.3) is 0 Å². The van der Waals surface area contributed by atoms with E-state index in [-0.39, 0.29) is 5.84 Å². The predicted molar refractivity (Wildman–Crippen MR) is 74.6 cm³/mol. The Bertz CT molecular complexity index is 659. The summed E-state index contributed by atoms with van der Waals surface area (Å²) in [5.41, 5.74) is 7.67. The van der Waals surface area contributed by atoms with Crippen molar-refractivity contribution in [3.8, 4) is 5.75 Å². The van der Waals surface area contributed by atoms with Crippen molar-refractivity contribution in [2.45, 2.75) is 13.8 Å². The summed E-state index contributed by atoms with van der Waals surface area (Å²) in [6.07, 6.45) is 1.92. The van der Waals surface area contributed by atoms with Crippen LogP contribution in [0.2, 0.25) is 0 Å². The van der Waals surface area contributed by atoms with E-state index in [1.54, 1.807) is 18.2 Å². The van der Waals surface area contributed by atoms with Gasteiger partial charge in [0.2, 0.25) is 0 Å². The summed E-state index contributed by atoms with van der Waals surface area (Å²) < 4.78 is 34.1. The molecule has 1 heterocycles. The minimum absolute atomic E-state index is 0.0680. The van der Waals surface area contributed by atoms with Gasteiger partial charge >= 0.3 is 10.2 Å². The molecule has 0 saturated heterocycles. The number of anilines is 1. The number of ether oxygens (including phenoxy) is 1. The van der Waals surface area contributed by atoms with Crippen LogP contribution in [0, 0.1) is 0 Å². The van der Waals surface area contributed by atoms with Gasteiger partial charge in [0.1, 0.15) is 12.4 Å². The molecule has 102 valence electrons. The molecule has 0 aliphatic carbocycles. The molecule has 0 aromatic heterocycles. The van der Waals surface area contributed by atoms with Crippen molar-refractivity contribution in [1.29, 1.82) is 0 Å². The van der Waals surface area contributed by atoms with Gasteiger partial charge in [-0.25, -0.2) is 0 Å². The Morgan fingerprint density at radius 2 is 2.21 bits per heavy atom. The molecule has 0 bridgehead atoms. The first-order valence-electron chi connectivity index (χ1n) is 5.67. The highest BCUT2D eigenvalue weighted by Gasteiger charge is 2.23. The van der Waals surface area contributed by atoms with E-state index in [9.17, 15) is 8.42 Å². The average Bonchev–Trinajstić information content (AvgIpc) is 2.26. The van der Waals surface area contributed by atoms with Gasteiger partial charge in [0.15, 0.2) is 5.84 Å². The highest BCUT2D eigenvalue weighted by atomic mass is 32.2. The summed E-state index contributed by atoms with van der Waals surface area (Å²) in [5, 5.41) is 0. The third kappa shape index (κ3) is 3.05. The van der Waals surface area contributed by atoms with E-state index >= 15 is 0 Å². The summed E-state index contributed by atoms with van der Waals surface area (Å²) in [5.74, 6) is 0.431. The Labute approximate surface area is 112 Å². The number of nitrogens with one attached hydrogen (secondary N) is 1. The van der Waals surface area contributed by atoms with Gasteiger partial charge in [0, 0.05) is 0 Å².